The second-order valence-corrected chi connectivity index (χ2v) is 8.80. The Balaban J connectivity index is 1.55. The first-order chi connectivity index (χ1) is 13.5. The molecule has 2 aliphatic rings. The van der Waals surface area contributed by atoms with Gasteiger partial charge in [0.2, 0.25) is 0 Å². The number of hydrogen-bond donors (Lipinski definition) is 1. The Bertz CT molecular complexity index is 885. The van der Waals surface area contributed by atoms with Crippen LogP contribution in [0.15, 0.2) is 48.5 Å². The van der Waals surface area contributed by atoms with Crippen molar-refractivity contribution in [2.45, 2.75) is 30.1 Å². The van der Waals surface area contributed by atoms with Crippen LogP contribution in [0.4, 0.5) is 4.79 Å². The lowest BCUT2D eigenvalue weighted by molar-refractivity contribution is -0.149. The van der Waals surface area contributed by atoms with Crippen molar-refractivity contribution in [1.82, 2.24) is 4.90 Å². The number of nitrogens with zero attached hydrogens (tertiary/aromatic N) is 1. The summed E-state index contributed by atoms with van der Waals surface area (Å²) in [5.41, 5.74) is 3.38. The van der Waals surface area contributed by atoms with Crippen molar-refractivity contribution in [2.24, 2.45) is 0 Å². The topological polar surface area (TPSA) is 66.8 Å². The van der Waals surface area contributed by atoms with E-state index in [0.717, 1.165) is 22.3 Å². The molecule has 2 aromatic carbocycles. The lowest BCUT2D eigenvalue weighted by Gasteiger charge is -2.37. The minimum Gasteiger partial charge on any atom is -0.479 e. The minimum absolute atomic E-state index is 0.0408. The molecule has 1 heterocycles. The van der Waals surface area contributed by atoms with Crippen molar-refractivity contribution in [3.63, 3.8) is 0 Å². The van der Waals surface area contributed by atoms with Crippen molar-refractivity contribution in [2.75, 3.05) is 19.4 Å². The maximum absolute atomic E-state index is 12.8. The van der Waals surface area contributed by atoms with E-state index in [1.165, 1.54) is 11.9 Å². The molecule has 5 nitrogen and oxygen atoms in total. The molecule has 6 heteroatoms. The highest BCUT2D eigenvalue weighted by molar-refractivity contribution is 8.00. The predicted octanol–water partition coefficient (Wildman–Crippen LogP) is 4.22. The zero-order valence-electron chi connectivity index (χ0n) is 15.9. The third kappa shape index (κ3) is 2.78. The summed E-state index contributed by atoms with van der Waals surface area (Å²) in [4.78, 5) is 26.1. The fourth-order valence-electron chi connectivity index (χ4n) is 4.45. The molecule has 0 spiro atoms. The highest BCUT2D eigenvalue weighted by Gasteiger charge is 2.53. The van der Waals surface area contributed by atoms with Crippen LogP contribution in [0.1, 0.15) is 30.4 Å². The van der Waals surface area contributed by atoms with Crippen LogP contribution in [0.2, 0.25) is 0 Å². The Labute approximate surface area is 168 Å². The SMILES string of the molecule is CC1SCCC1(C(=O)O)N(C)C(=O)OCC1c2ccccc2-c2ccccc21. The molecular formula is C22H23NO4S. The maximum atomic E-state index is 12.8. The number of likely N-dealkylation sites (N-methyl/N-ethyl adjacent to an activating group) is 1. The molecule has 0 aromatic heterocycles. The summed E-state index contributed by atoms with van der Waals surface area (Å²) >= 11 is 1.57. The van der Waals surface area contributed by atoms with Gasteiger partial charge in [-0.05, 0) is 34.4 Å². The molecule has 1 saturated heterocycles. The molecule has 1 aliphatic heterocycles. The van der Waals surface area contributed by atoms with Crippen molar-refractivity contribution in [1.29, 1.82) is 0 Å². The second-order valence-electron chi connectivity index (χ2n) is 7.36. The average molecular weight is 397 g/mol. The standard InChI is InChI=1S/C22H23NO4S/c1-14-22(20(24)25,11-12-28-14)23(2)21(26)27-13-19-17-9-5-3-7-15(17)16-8-4-6-10-18(16)19/h3-10,14,19H,11-13H2,1-2H3,(H,24,25). The third-order valence-corrected chi connectivity index (χ3v) is 7.43. The van der Waals surface area contributed by atoms with Gasteiger partial charge in [-0.2, -0.15) is 11.8 Å². The van der Waals surface area contributed by atoms with Crippen LogP contribution in [0.3, 0.4) is 0 Å². The van der Waals surface area contributed by atoms with Gasteiger partial charge < -0.3 is 9.84 Å². The Hall–Kier alpha value is -2.47. The Kier molecular flexibility index (Phi) is 4.83. The van der Waals surface area contributed by atoms with Gasteiger partial charge in [0.05, 0.1) is 0 Å². The molecule has 28 heavy (non-hydrogen) atoms. The van der Waals surface area contributed by atoms with Gasteiger partial charge in [0, 0.05) is 18.2 Å². The van der Waals surface area contributed by atoms with Crippen LogP contribution >= 0.6 is 11.8 Å². The van der Waals surface area contributed by atoms with Crippen LogP contribution in [0.25, 0.3) is 11.1 Å². The zero-order chi connectivity index (χ0) is 19.9. The summed E-state index contributed by atoms with van der Waals surface area (Å²) in [7, 11) is 1.54. The first kappa shape index (κ1) is 18.9. The number of aliphatic carboxylic acids is 1. The van der Waals surface area contributed by atoms with Crippen LogP contribution in [0, 0.1) is 0 Å². The van der Waals surface area contributed by atoms with Crippen molar-refractivity contribution < 1.29 is 19.4 Å². The third-order valence-electron chi connectivity index (χ3n) is 6.10. The number of fused-ring (bicyclic) bond motifs is 3. The molecule has 1 amide bonds. The number of hydrogen-bond acceptors (Lipinski definition) is 4. The molecule has 2 aromatic rings. The number of benzene rings is 2. The van der Waals surface area contributed by atoms with E-state index < -0.39 is 17.6 Å². The van der Waals surface area contributed by atoms with Crippen LogP contribution < -0.4 is 0 Å². The van der Waals surface area contributed by atoms with E-state index in [1.54, 1.807) is 11.8 Å². The van der Waals surface area contributed by atoms with Crippen molar-refractivity contribution >= 4 is 23.8 Å². The second kappa shape index (κ2) is 7.17. The minimum atomic E-state index is -1.22. The smallest absolute Gasteiger partial charge is 0.410 e. The lowest BCUT2D eigenvalue weighted by Crippen LogP contribution is -2.58. The van der Waals surface area contributed by atoms with Gasteiger partial charge >= 0.3 is 12.1 Å². The summed E-state index contributed by atoms with van der Waals surface area (Å²) in [6, 6.07) is 16.3. The monoisotopic (exact) mass is 397 g/mol. The van der Waals surface area contributed by atoms with E-state index in [4.69, 9.17) is 4.74 Å². The normalized spacial score (nSPS) is 23.1. The number of ether oxygens (including phenoxy) is 1. The van der Waals surface area contributed by atoms with Gasteiger partial charge in [0.1, 0.15) is 6.61 Å². The van der Waals surface area contributed by atoms with Gasteiger partial charge in [-0.25, -0.2) is 9.59 Å². The number of carbonyl (C=O) groups excluding carboxylic acids is 1. The molecule has 2 unspecified atom stereocenters. The largest absolute Gasteiger partial charge is 0.479 e. The first-order valence-corrected chi connectivity index (χ1v) is 10.5. The maximum Gasteiger partial charge on any atom is 0.410 e. The number of carbonyl (C=O) groups is 2. The van der Waals surface area contributed by atoms with Crippen molar-refractivity contribution in [3.05, 3.63) is 59.7 Å². The highest BCUT2D eigenvalue weighted by Crippen LogP contribution is 2.45. The zero-order valence-corrected chi connectivity index (χ0v) is 16.7. The van der Waals surface area contributed by atoms with E-state index in [-0.39, 0.29) is 17.8 Å². The Morgan fingerprint density at radius 2 is 1.71 bits per heavy atom. The van der Waals surface area contributed by atoms with Crippen LogP contribution in [-0.2, 0) is 9.53 Å². The molecule has 1 aliphatic carbocycles. The number of thioether (sulfide) groups is 1. The fourth-order valence-corrected chi connectivity index (χ4v) is 5.89. The number of rotatable bonds is 4. The number of carboxylic acid groups (broad SMARTS) is 1. The molecule has 0 bridgehead atoms. The van der Waals surface area contributed by atoms with Gasteiger partial charge in [0.25, 0.3) is 0 Å². The lowest BCUT2D eigenvalue weighted by atomic mass is 9.91. The van der Waals surface area contributed by atoms with E-state index in [1.807, 2.05) is 31.2 Å². The highest BCUT2D eigenvalue weighted by atomic mass is 32.2. The van der Waals surface area contributed by atoms with Gasteiger partial charge in [-0.15, -0.1) is 0 Å². The summed E-state index contributed by atoms with van der Waals surface area (Å²) in [6.07, 6.45) is -0.159. The molecule has 0 radical (unpaired) electrons. The molecule has 1 fully saturated rings. The van der Waals surface area contributed by atoms with Gasteiger partial charge in [-0.3, -0.25) is 4.90 Å². The van der Waals surface area contributed by atoms with E-state index in [2.05, 4.69) is 24.3 Å². The molecule has 4 rings (SSSR count). The molecule has 146 valence electrons. The summed E-state index contributed by atoms with van der Waals surface area (Å²) in [6.45, 7) is 2.05. The van der Waals surface area contributed by atoms with E-state index in [0.29, 0.717) is 12.2 Å². The van der Waals surface area contributed by atoms with Crippen LogP contribution in [0.5, 0.6) is 0 Å². The van der Waals surface area contributed by atoms with Crippen molar-refractivity contribution in [3.8, 4) is 11.1 Å². The quantitative estimate of drug-likeness (QED) is 0.837. The van der Waals surface area contributed by atoms with Crippen LogP contribution in [-0.4, -0.2) is 52.3 Å². The number of carboxylic acids is 1. The molecule has 0 saturated carbocycles. The number of amides is 1. The fraction of sp³-hybridized carbons (Fsp3) is 0.364. The Morgan fingerprint density at radius 1 is 1.14 bits per heavy atom. The predicted molar refractivity (Wildman–Crippen MR) is 110 cm³/mol. The van der Waals surface area contributed by atoms with E-state index in [9.17, 15) is 14.7 Å². The molecule has 1 N–H and O–H groups in total. The summed E-state index contributed by atoms with van der Waals surface area (Å²) < 4.78 is 5.65. The summed E-state index contributed by atoms with van der Waals surface area (Å²) in [5, 5.41) is 9.65. The first-order valence-electron chi connectivity index (χ1n) is 9.40. The Morgan fingerprint density at radius 3 is 2.21 bits per heavy atom. The van der Waals surface area contributed by atoms with E-state index >= 15 is 0 Å². The molecule has 2 atom stereocenters. The molecular weight excluding hydrogens is 374 g/mol. The van der Waals surface area contributed by atoms with Gasteiger partial charge in [-0.1, -0.05) is 55.5 Å². The summed E-state index contributed by atoms with van der Waals surface area (Å²) in [5.74, 6) is -0.295. The average Bonchev–Trinajstić information content (AvgIpc) is 3.24. The van der Waals surface area contributed by atoms with Gasteiger partial charge in [0.15, 0.2) is 5.54 Å².